The van der Waals surface area contributed by atoms with Crippen molar-refractivity contribution in [3.05, 3.63) is 36.2 Å². The average molecular weight is 157 g/mol. The largest absolute Gasteiger partial charge is 0.283 e. The zero-order valence-electron chi connectivity index (χ0n) is 6.19. The number of aromatic nitrogens is 2. The van der Waals surface area contributed by atoms with Crippen molar-refractivity contribution >= 4 is 17.3 Å². The van der Waals surface area contributed by atoms with E-state index in [-0.39, 0.29) is 0 Å². The second-order valence-electron chi connectivity index (χ2n) is 2.34. The van der Waals surface area contributed by atoms with E-state index in [0.29, 0.717) is 5.69 Å². The summed E-state index contributed by atoms with van der Waals surface area (Å²) in [5.41, 5.74) is 1.82. The lowest BCUT2D eigenvalue weighted by Gasteiger charge is -1.94. The van der Waals surface area contributed by atoms with Crippen LogP contribution in [0.25, 0.3) is 11.0 Å². The molecule has 0 fully saturated rings. The van der Waals surface area contributed by atoms with Gasteiger partial charge in [-0.3, -0.25) is 9.78 Å². The summed E-state index contributed by atoms with van der Waals surface area (Å²) in [5.74, 6) is 0. The number of carbonyl (C=O) groups excluding carboxylic acids is 1. The Balaban J connectivity index is 2.75. The van der Waals surface area contributed by atoms with Gasteiger partial charge in [-0.15, -0.1) is 0 Å². The molecule has 0 saturated heterocycles. The number of nitrogens with zero attached hydrogens (tertiary/aromatic N) is 2. The minimum absolute atomic E-state index is 0.315. The summed E-state index contributed by atoms with van der Waals surface area (Å²) < 4.78 is 0. The standard InChI is InChI=1S/C9H5N2O/c12-6-7-3-4-8-9(11-7)2-1-5-10-8/h1-5H. The van der Waals surface area contributed by atoms with Crippen LogP contribution in [0.1, 0.15) is 5.69 Å². The molecule has 2 rings (SSSR count). The van der Waals surface area contributed by atoms with Gasteiger partial charge in [-0.25, -0.2) is 4.98 Å². The molecule has 0 saturated carbocycles. The van der Waals surface area contributed by atoms with Crippen LogP contribution in [0.2, 0.25) is 0 Å². The molecule has 0 bridgehead atoms. The van der Waals surface area contributed by atoms with Crippen LogP contribution >= 0.6 is 0 Å². The molecule has 0 aliphatic heterocycles. The normalized spacial score (nSPS) is 10.0. The molecule has 2 aromatic rings. The van der Waals surface area contributed by atoms with Gasteiger partial charge in [0.25, 0.3) is 6.29 Å². The Kier molecular flexibility index (Phi) is 1.55. The topological polar surface area (TPSA) is 42.9 Å². The highest BCUT2D eigenvalue weighted by molar-refractivity contribution is 5.80. The summed E-state index contributed by atoms with van der Waals surface area (Å²) in [6.07, 6.45) is 3.42. The van der Waals surface area contributed by atoms with Crippen molar-refractivity contribution in [2.24, 2.45) is 0 Å². The predicted molar refractivity (Wildman–Crippen MR) is 44.3 cm³/mol. The molecular weight excluding hydrogens is 152 g/mol. The van der Waals surface area contributed by atoms with E-state index in [0.717, 1.165) is 11.0 Å². The van der Waals surface area contributed by atoms with E-state index in [9.17, 15) is 4.79 Å². The fourth-order valence-corrected chi connectivity index (χ4v) is 1.01. The highest BCUT2D eigenvalue weighted by Gasteiger charge is 1.96. The smallest absolute Gasteiger partial charge is 0.253 e. The van der Waals surface area contributed by atoms with Gasteiger partial charge >= 0.3 is 0 Å². The van der Waals surface area contributed by atoms with Crippen LogP contribution in [0.15, 0.2) is 30.5 Å². The Hall–Kier alpha value is -1.77. The fraction of sp³-hybridized carbons (Fsp3) is 0. The van der Waals surface area contributed by atoms with Crippen molar-refractivity contribution in [3.63, 3.8) is 0 Å². The maximum Gasteiger partial charge on any atom is 0.253 e. The number of fused-ring (bicyclic) bond motifs is 1. The second kappa shape index (κ2) is 2.70. The van der Waals surface area contributed by atoms with Gasteiger partial charge in [0, 0.05) is 6.20 Å². The fourth-order valence-electron chi connectivity index (χ4n) is 1.01. The molecule has 0 N–H and O–H groups in total. The first-order chi connectivity index (χ1) is 5.90. The van der Waals surface area contributed by atoms with Crippen LogP contribution in [-0.4, -0.2) is 16.3 Å². The van der Waals surface area contributed by atoms with Gasteiger partial charge in [0.1, 0.15) is 5.69 Å². The molecule has 0 spiro atoms. The van der Waals surface area contributed by atoms with E-state index < -0.39 is 0 Å². The Labute approximate surface area is 69.1 Å². The van der Waals surface area contributed by atoms with Gasteiger partial charge in [-0.1, -0.05) is 0 Å². The van der Waals surface area contributed by atoms with Gasteiger partial charge in [-0.2, -0.15) is 0 Å². The van der Waals surface area contributed by atoms with Gasteiger partial charge in [0.05, 0.1) is 11.0 Å². The molecule has 0 aliphatic carbocycles. The van der Waals surface area contributed by atoms with Crippen LogP contribution in [0.5, 0.6) is 0 Å². The van der Waals surface area contributed by atoms with Crippen molar-refractivity contribution in [3.8, 4) is 0 Å². The quantitative estimate of drug-likeness (QED) is 0.622. The number of hydrogen-bond acceptors (Lipinski definition) is 3. The minimum Gasteiger partial charge on any atom is -0.283 e. The lowest BCUT2D eigenvalue weighted by molar-refractivity contribution is 0.561. The summed E-state index contributed by atoms with van der Waals surface area (Å²) in [7, 11) is 0. The Morgan fingerprint density at radius 1 is 1.17 bits per heavy atom. The molecule has 0 aliphatic rings. The van der Waals surface area contributed by atoms with Crippen LogP contribution in [0.3, 0.4) is 0 Å². The van der Waals surface area contributed by atoms with Crippen molar-refractivity contribution in [2.45, 2.75) is 0 Å². The minimum atomic E-state index is 0.315. The van der Waals surface area contributed by atoms with Crippen LogP contribution < -0.4 is 0 Å². The van der Waals surface area contributed by atoms with E-state index in [1.165, 1.54) is 0 Å². The summed E-state index contributed by atoms with van der Waals surface area (Å²) in [6, 6.07) is 6.94. The van der Waals surface area contributed by atoms with Gasteiger partial charge in [0.2, 0.25) is 0 Å². The summed E-state index contributed by atoms with van der Waals surface area (Å²) in [6.45, 7) is 0. The van der Waals surface area contributed by atoms with Gasteiger partial charge < -0.3 is 0 Å². The zero-order valence-corrected chi connectivity index (χ0v) is 6.19. The molecular formula is C9H5N2O. The SMILES string of the molecule is O=[C]c1ccc2ncccc2n1. The van der Waals surface area contributed by atoms with Gasteiger partial charge in [-0.05, 0) is 24.3 Å². The highest BCUT2D eigenvalue weighted by Crippen LogP contribution is 2.07. The molecule has 2 heterocycles. The number of pyridine rings is 2. The van der Waals surface area contributed by atoms with Crippen LogP contribution in [-0.2, 0) is 4.79 Å². The Morgan fingerprint density at radius 3 is 2.92 bits per heavy atom. The first kappa shape index (κ1) is 6.91. The van der Waals surface area contributed by atoms with Crippen molar-refractivity contribution in [1.29, 1.82) is 0 Å². The average Bonchev–Trinajstić information content (AvgIpc) is 2.17. The molecule has 0 unspecified atom stereocenters. The van der Waals surface area contributed by atoms with Crippen LogP contribution in [0.4, 0.5) is 0 Å². The van der Waals surface area contributed by atoms with E-state index in [1.54, 1.807) is 30.7 Å². The summed E-state index contributed by atoms with van der Waals surface area (Å²) in [4.78, 5) is 18.3. The molecule has 12 heavy (non-hydrogen) atoms. The first-order valence-electron chi connectivity index (χ1n) is 3.50. The lowest BCUT2D eigenvalue weighted by atomic mass is 10.3. The lowest BCUT2D eigenvalue weighted by Crippen LogP contribution is -1.88. The van der Waals surface area contributed by atoms with Crippen molar-refractivity contribution in [2.75, 3.05) is 0 Å². The van der Waals surface area contributed by atoms with Gasteiger partial charge in [0.15, 0.2) is 0 Å². The predicted octanol–water partition coefficient (Wildman–Crippen LogP) is 1.09. The molecule has 2 aromatic heterocycles. The Bertz CT molecular complexity index is 426. The molecule has 0 aromatic carbocycles. The molecule has 3 nitrogen and oxygen atoms in total. The monoisotopic (exact) mass is 157 g/mol. The Morgan fingerprint density at radius 2 is 2.08 bits per heavy atom. The molecule has 3 heteroatoms. The van der Waals surface area contributed by atoms with E-state index in [2.05, 4.69) is 9.97 Å². The van der Waals surface area contributed by atoms with E-state index in [4.69, 9.17) is 0 Å². The third kappa shape index (κ3) is 1.05. The number of hydrogen-bond donors (Lipinski definition) is 0. The van der Waals surface area contributed by atoms with E-state index in [1.807, 2.05) is 6.07 Å². The molecule has 57 valence electrons. The number of rotatable bonds is 1. The third-order valence-corrected chi connectivity index (χ3v) is 1.56. The first-order valence-corrected chi connectivity index (χ1v) is 3.50. The van der Waals surface area contributed by atoms with Crippen molar-refractivity contribution in [1.82, 2.24) is 9.97 Å². The maximum absolute atomic E-state index is 10.2. The zero-order chi connectivity index (χ0) is 8.39. The summed E-state index contributed by atoms with van der Waals surface area (Å²) in [5, 5.41) is 0. The molecule has 0 amide bonds. The van der Waals surface area contributed by atoms with Crippen molar-refractivity contribution < 1.29 is 4.79 Å². The van der Waals surface area contributed by atoms with E-state index >= 15 is 0 Å². The van der Waals surface area contributed by atoms with Crippen LogP contribution in [0, 0.1) is 0 Å². The highest BCUT2D eigenvalue weighted by atomic mass is 16.1. The molecule has 0 atom stereocenters. The molecule has 1 radical (unpaired) electrons. The third-order valence-electron chi connectivity index (χ3n) is 1.56. The summed E-state index contributed by atoms with van der Waals surface area (Å²) >= 11 is 0. The second-order valence-corrected chi connectivity index (χ2v) is 2.34. The maximum atomic E-state index is 10.2.